The number of fused-ring (bicyclic) bond motifs is 1. The third-order valence-corrected chi connectivity index (χ3v) is 3.49. The van der Waals surface area contributed by atoms with Gasteiger partial charge in [0, 0.05) is 24.7 Å². The maximum Gasteiger partial charge on any atom is 0.257 e. The number of rotatable bonds is 5. The van der Waals surface area contributed by atoms with Crippen LogP contribution in [0.4, 0.5) is 0 Å². The smallest absolute Gasteiger partial charge is 0.257 e. The summed E-state index contributed by atoms with van der Waals surface area (Å²) in [5.74, 6) is 0.433. The molecular weight excluding hydrogens is 288 g/mol. The maximum absolute atomic E-state index is 11.7. The Kier molecular flexibility index (Phi) is 4.94. The van der Waals surface area contributed by atoms with E-state index in [9.17, 15) is 9.59 Å². The zero-order valence-electron chi connectivity index (χ0n) is 11.6. The van der Waals surface area contributed by atoms with Crippen LogP contribution in [-0.2, 0) is 9.59 Å². The van der Waals surface area contributed by atoms with E-state index in [1.54, 1.807) is 19.4 Å². The summed E-state index contributed by atoms with van der Waals surface area (Å²) < 4.78 is 5.15. The van der Waals surface area contributed by atoms with Gasteiger partial charge in [-0.3, -0.25) is 14.6 Å². The van der Waals surface area contributed by atoms with Crippen LogP contribution < -0.4 is 10.1 Å². The van der Waals surface area contributed by atoms with E-state index in [0.717, 1.165) is 34.0 Å². The van der Waals surface area contributed by atoms with Crippen LogP contribution in [0.25, 0.3) is 17.0 Å². The van der Waals surface area contributed by atoms with Crippen LogP contribution in [0.2, 0.25) is 0 Å². The minimum absolute atomic E-state index is 0.304. The van der Waals surface area contributed by atoms with Crippen molar-refractivity contribution in [2.24, 2.45) is 0 Å². The molecule has 1 aromatic carbocycles. The highest BCUT2D eigenvalue weighted by Gasteiger charge is 2.08. The SMILES string of the molecule is CNC(=O)/C(=C/c1cnc2cc(OC)ccc2c1)SC=O. The van der Waals surface area contributed by atoms with Crippen molar-refractivity contribution in [2.45, 2.75) is 0 Å². The molecule has 0 atom stereocenters. The second-order valence-corrected chi connectivity index (χ2v) is 5.00. The van der Waals surface area contributed by atoms with Crippen molar-refractivity contribution in [3.8, 4) is 5.75 Å². The number of carbonyl (C=O) groups excluding carboxylic acids is 2. The molecule has 1 heterocycles. The number of hydrogen-bond acceptors (Lipinski definition) is 5. The van der Waals surface area contributed by atoms with Crippen LogP contribution in [0.15, 0.2) is 35.4 Å². The van der Waals surface area contributed by atoms with Crippen molar-refractivity contribution in [1.82, 2.24) is 10.3 Å². The van der Waals surface area contributed by atoms with Gasteiger partial charge in [0.05, 0.1) is 17.5 Å². The molecule has 0 unspecified atom stereocenters. The van der Waals surface area contributed by atoms with Crippen molar-refractivity contribution in [2.75, 3.05) is 14.2 Å². The van der Waals surface area contributed by atoms with Gasteiger partial charge in [-0.25, -0.2) is 0 Å². The van der Waals surface area contributed by atoms with Crippen LogP contribution >= 0.6 is 11.8 Å². The molecule has 1 N–H and O–H groups in total. The molecule has 0 spiro atoms. The highest BCUT2D eigenvalue weighted by atomic mass is 32.2. The summed E-state index contributed by atoms with van der Waals surface area (Å²) in [6, 6.07) is 7.47. The number of pyridine rings is 1. The molecule has 0 saturated carbocycles. The van der Waals surface area contributed by atoms with E-state index in [1.807, 2.05) is 24.3 Å². The van der Waals surface area contributed by atoms with Crippen molar-refractivity contribution < 1.29 is 14.3 Å². The van der Waals surface area contributed by atoms with Gasteiger partial charge in [-0.2, -0.15) is 0 Å². The number of benzene rings is 1. The van der Waals surface area contributed by atoms with E-state index in [1.165, 1.54) is 7.05 Å². The van der Waals surface area contributed by atoms with Gasteiger partial charge in [0.2, 0.25) is 0 Å². The van der Waals surface area contributed by atoms with Crippen LogP contribution in [0.5, 0.6) is 5.75 Å². The molecular formula is C15H14N2O3S. The van der Waals surface area contributed by atoms with Crippen molar-refractivity contribution in [3.05, 3.63) is 40.9 Å². The first-order chi connectivity index (χ1) is 10.2. The fraction of sp³-hybridized carbons (Fsp3) is 0.133. The summed E-state index contributed by atoms with van der Waals surface area (Å²) in [7, 11) is 3.12. The zero-order valence-corrected chi connectivity index (χ0v) is 12.4. The molecule has 6 heteroatoms. The number of amides is 1. The van der Waals surface area contributed by atoms with Crippen LogP contribution in [-0.4, -0.2) is 30.7 Å². The molecule has 2 aromatic rings. The fourth-order valence-electron chi connectivity index (χ4n) is 1.80. The van der Waals surface area contributed by atoms with Crippen LogP contribution in [0.3, 0.4) is 0 Å². The van der Waals surface area contributed by atoms with Crippen molar-refractivity contribution in [3.63, 3.8) is 0 Å². The number of methoxy groups -OCH3 is 1. The van der Waals surface area contributed by atoms with Crippen molar-refractivity contribution in [1.29, 1.82) is 0 Å². The Labute approximate surface area is 126 Å². The molecule has 0 saturated heterocycles. The van der Waals surface area contributed by atoms with E-state index < -0.39 is 0 Å². The third-order valence-electron chi connectivity index (χ3n) is 2.84. The first-order valence-corrected chi connectivity index (χ1v) is 7.03. The average molecular weight is 302 g/mol. The zero-order chi connectivity index (χ0) is 15.2. The first-order valence-electron chi connectivity index (χ1n) is 6.16. The Morgan fingerprint density at radius 2 is 2.19 bits per heavy atom. The second-order valence-electron chi connectivity index (χ2n) is 4.13. The number of aromatic nitrogens is 1. The number of nitrogens with zero attached hydrogens (tertiary/aromatic N) is 1. The van der Waals surface area contributed by atoms with E-state index in [2.05, 4.69) is 10.3 Å². The number of ether oxygens (including phenoxy) is 1. The predicted octanol–water partition coefficient (Wildman–Crippen LogP) is 2.25. The lowest BCUT2D eigenvalue weighted by atomic mass is 10.1. The van der Waals surface area contributed by atoms with Gasteiger partial charge in [0.1, 0.15) is 5.75 Å². The Balaban J connectivity index is 2.41. The van der Waals surface area contributed by atoms with Gasteiger partial charge in [-0.15, -0.1) is 0 Å². The summed E-state index contributed by atoms with van der Waals surface area (Å²) in [6.45, 7) is 0. The van der Waals surface area contributed by atoms with Crippen molar-refractivity contribution >= 4 is 40.3 Å². The largest absolute Gasteiger partial charge is 0.497 e. The third kappa shape index (κ3) is 3.61. The van der Waals surface area contributed by atoms with Gasteiger partial charge in [0.25, 0.3) is 5.91 Å². The number of nitrogens with one attached hydrogen (secondary N) is 1. The highest BCUT2D eigenvalue weighted by Crippen LogP contribution is 2.22. The first kappa shape index (κ1) is 15.1. The molecule has 0 bridgehead atoms. The van der Waals surface area contributed by atoms with E-state index >= 15 is 0 Å². The molecule has 0 aliphatic rings. The average Bonchev–Trinajstić information content (AvgIpc) is 2.53. The summed E-state index contributed by atoms with van der Waals surface area (Å²) >= 11 is 0.836. The molecule has 1 aromatic heterocycles. The maximum atomic E-state index is 11.7. The minimum atomic E-state index is -0.304. The second kappa shape index (κ2) is 6.90. The van der Waals surface area contributed by atoms with Gasteiger partial charge < -0.3 is 10.1 Å². The lowest BCUT2D eigenvalue weighted by molar-refractivity contribution is -0.116. The number of carbonyl (C=O) groups is 2. The van der Waals surface area contributed by atoms with E-state index in [-0.39, 0.29) is 5.91 Å². The molecule has 0 aliphatic carbocycles. The normalized spacial score (nSPS) is 11.2. The number of hydrogen-bond donors (Lipinski definition) is 1. The number of thioether (sulfide) groups is 1. The monoisotopic (exact) mass is 302 g/mol. The molecule has 108 valence electrons. The Morgan fingerprint density at radius 1 is 1.38 bits per heavy atom. The quantitative estimate of drug-likeness (QED) is 0.678. The molecule has 2 rings (SSSR count). The fourth-order valence-corrected chi connectivity index (χ4v) is 2.32. The minimum Gasteiger partial charge on any atom is -0.497 e. The summed E-state index contributed by atoms with van der Waals surface area (Å²) in [6.07, 6.45) is 3.28. The highest BCUT2D eigenvalue weighted by molar-refractivity contribution is 8.16. The standard InChI is InChI=1S/C15H14N2O3S/c1-16-15(19)14(21-9-18)6-10-5-11-3-4-12(20-2)7-13(11)17-8-10/h3-9H,1-2H3,(H,16,19)/b14-6-. The molecule has 21 heavy (non-hydrogen) atoms. The Morgan fingerprint density at radius 3 is 2.86 bits per heavy atom. The number of likely N-dealkylation sites (N-methyl/N-ethyl adjacent to an activating group) is 1. The molecule has 1 amide bonds. The summed E-state index contributed by atoms with van der Waals surface area (Å²) in [4.78, 5) is 26.9. The lowest BCUT2D eigenvalue weighted by Gasteiger charge is -2.04. The summed E-state index contributed by atoms with van der Waals surface area (Å²) in [5.41, 5.74) is 2.18. The molecule has 0 radical (unpaired) electrons. The van der Waals surface area contributed by atoms with Gasteiger partial charge >= 0.3 is 0 Å². The topological polar surface area (TPSA) is 68.3 Å². The lowest BCUT2D eigenvalue weighted by Crippen LogP contribution is -2.18. The summed E-state index contributed by atoms with van der Waals surface area (Å²) in [5, 5.41) is 3.43. The van der Waals surface area contributed by atoms with Crippen LogP contribution in [0, 0.1) is 0 Å². The Bertz CT molecular complexity index is 713. The molecule has 5 nitrogen and oxygen atoms in total. The van der Waals surface area contributed by atoms with E-state index in [4.69, 9.17) is 4.74 Å². The van der Waals surface area contributed by atoms with Gasteiger partial charge in [-0.1, -0.05) is 0 Å². The molecule has 0 aliphatic heterocycles. The van der Waals surface area contributed by atoms with Gasteiger partial charge in [0.15, 0.2) is 5.62 Å². The van der Waals surface area contributed by atoms with Crippen LogP contribution in [0.1, 0.15) is 5.56 Å². The Hall–Kier alpha value is -2.34. The van der Waals surface area contributed by atoms with E-state index in [0.29, 0.717) is 10.5 Å². The van der Waals surface area contributed by atoms with Gasteiger partial charge in [-0.05, 0) is 41.6 Å². The predicted molar refractivity (Wildman–Crippen MR) is 84.7 cm³/mol. The molecule has 0 fully saturated rings.